The summed E-state index contributed by atoms with van der Waals surface area (Å²) in [6.45, 7) is 0. The van der Waals surface area contributed by atoms with Gasteiger partial charge in [0.1, 0.15) is 5.58 Å². The average molecular weight is 729 g/mol. The zero-order valence-corrected chi connectivity index (χ0v) is 31.1. The number of furan rings is 1. The van der Waals surface area contributed by atoms with E-state index in [0.29, 0.717) is 0 Å². The molecule has 9 aromatic carbocycles. The van der Waals surface area contributed by atoms with E-state index in [-0.39, 0.29) is 0 Å². The van der Waals surface area contributed by atoms with Crippen LogP contribution < -0.4 is 4.90 Å². The van der Waals surface area contributed by atoms with E-state index in [4.69, 9.17) is 4.42 Å². The van der Waals surface area contributed by atoms with Gasteiger partial charge in [0.25, 0.3) is 0 Å². The number of rotatable bonds is 7. The summed E-state index contributed by atoms with van der Waals surface area (Å²) in [5, 5.41) is 4.55. The van der Waals surface area contributed by atoms with Gasteiger partial charge in [0.2, 0.25) is 0 Å². The standard InChI is InChI=1S/C54H36N2O/c1-4-16-37(17-5-1)38-30-32-40(33-31-38)43-35-34-42(36-47(43)39-18-6-2-7-19-39)56(51-28-14-24-45-44-22-11-13-29-52(44)57-54(45)51)50-27-15-26-49-53(50)46-23-10-12-25-48(46)55(49)41-20-8-3-9-21-41/h1-36H. The van der Waals surface area contributed by atoms with Gasteiger partial charge in [0.05, 0.1) is 22.4 Å². The minimum Gasteiger partial charge on any atom is -0.454 e. The monoisotopic (exact) mass is 728 g/mol. The van der Waals surface area contributed by atoms with Crippen molar-refractivity contribution >= 4 is 60.8 Å². The van der Waals surface area contributed by atoms with Crippen LogP contribution in [0.25, 0.3) is 82.8 Å². The fourth-order valence-electron chi connectivity index (χ4n) is 8.61. The van der Waals surface area contributed by atoms with Gasteiger partial charge in [0.15, 0.2) is 5.58 Å². The molecule has 2 heterocycles. The average Bonchev–Trinajstić information content (AvgIpc) is 3.84. The molecule has 0 bridgehead atoms. The van der Waals surface area contributed by atoms with Crippen LogP contribution in [0.2, 0.25) is 0 Å². The molecular weight excluding hydrogens is 693 g/mol. The number of fused-ring (bicyclic) bond motifs is 6. The van der Waals surface area contributed by atoms with Crippen LogP contribution in [-0.4, -0.2) is 4.57 Å². The van der Waals surface area contributed by atoms with E-state index in [9.17, 15) is 0 Å². The highest BCUT2D eigenvalue weighted by Crippen LogP contribution is 2.48. The van der Waals surface area contributed by atoms with E-state index in [1.165, 1.54) is 33.0 Å². The van der Waals surface area contributed by atoms with Gasteiger partial charge < -0.3 is 13.9 Å². The third kappa shape index (κ3) is 5.51. The van der Waals surface area contributed by atoms with Crippen molar-refractivity contribution in [3.05, 3.63) is 218 Å². The number of benzene rings is 9. The smallest absolute Gasteiger partial charge is 0.159 e. The molecule has 0 amide bonds. The summed E-state index contributed by atoms with van der Waals surface area (Å²) < 4.78 is 9.17. The number of nitrogens with zero attached hydrogens (tertiary/aromatic N) is 2. The third-order valence-electron chi connectivity index (χ3n) is 11.2. The van der Waals surface area contributed by atoms with E-state index in [0.717, 1.165) is 66.8 Å². The Morgan fingerprint density at radius 2 is 0.930 bits per heavy atom. The van der Waals surface area contributed by atoms with E-state index < -0.39 is 0 Å². The lowest BCUT2D eigenvalue weighted by Crippen LogP contribution is -2.11. The van der Waals surface area contributed by atoms with Gasteiger partial charge in [-0.2, -0.15) is 0 Å². The number of anilines is 3. The Hall–Kier alpha value is -7.62. The largest absolute Gasteiger partial charge is 0.454 e. The Labute approximate surface area is 330 Å². The van der Waals surface area contributed by atoms with Gasteiger partial charge in [-0.25, -0.2) is 0 Å². The molecule has 0 spiro atoms. The van der Waals surface area contributed by atoms with Crippen LogP contribution >= 0.6 is 0 Å². The van der Waals surface area contributed by atoms with E-state index in [1.807, 2.05) is 6.07 Å². The van der Waals surface area contributed by atoms with Crippen LogP contribution in [-0.2, 0) is 0 Å². The maximum Gasteiger partial charge on any atom is 0.159 e. The zero-order chi connectivity index (χ0) is 37.7. The second kappa shape index (κ2) is 13.6. The molecule has 0 unspecified atom stereocenters. The van der Waals surface area contributed by atoms with Crippen molar-refractivity contribution in [2.24, 2.45) is 0 Å². The fourth-order valence-corrected chi connectivity index (χ4v) is 8.61. The topological polar surface area (TPSA) is 21.3 Å². The summed E-state index contributed by atoms with van der Waals surface area (Å²) in [5.74, 6) is 0. The predicted molar refractivity (Wildman–Crippen MR) is 239 cm³/mol. The van der Waals surface area contributed by atoms with Crippen molar-refractivity contribution in [3.8, 4) is 39.1 Å². The molecule has 3 heteroatoms. The summed E-state index contributed by atoms with van der Waals surface area (Å²) in [4.78, 5) is 2.41. The van der Waals surface area contributed by atoms with Crippen LogP contribution in [0.4, 0.5) is 17.1 Å². The summed E-state index contributed by atoms with van der Waals surface area (Å²) >= 11 is 0. The summed E-state index contributed by atoms with van der Waals surface area (Å²) in [7, 11) is 0. The maximum atomic E-state index is 6.79. The molecule has 0 aliphatic heterocycles. The number of para-hydroxylation sites is 4. The minimum atomic E-state index is 0.851. The van der Waals surface area contributed by atoms with E-state index in [1.54, 1.807) is 0 Å². The highest BCUT2D eigenvalue weighted by Gasteiger charge is 2.25. The molecule has 11 aromatic rings. The molecule has 11 rings (SSSR count). The van der Waals surface area contributed by atoms with Crippen LogP contribution in [0.15, 0.2) is 223 Å². The molecular formula is C54H36N2O. The minimum absolute atomic E-state index is 0.851. The lowest BCUT2D eigenvalue weighted by atomic mass is 9.92. The van der Waals surface area contributed by atoms with Crippen molar-refractivity contribution in [1.82, 2.24) is 4.57 Å². The fraction of sp³-hybridized carbons (Fsp3) is 0. The molecule has 3 nitrogen and oxygen atoms in total. The number of hydrogen-bond acceptors (Lipinski definition) is 2. The first-order valence-corrected chi connectivity index (χ1v) is 19.4. The number of hydrogen-bond donors (Lipinski definition) is 0. The Morgan fingerprint density at radius 1 is 0.368 bits per heavy atom. The van der Waals surface area contributed by atoms with Crippen molar-refractivity contribution in [2.45, 2.75) is 0 Å². The SMILES string of the molecule is c1ccc(-c2ccc(-c3ccc(N(c4cccc5c4oc4ccccc45)c4cccc5c4c4ccccc4n5-c4ccccc4)cc3-c3ccccc3)cc2)cc1. The van der Waals surface area contributed by atoms with Crippen LogP contribution in [0.5, 0.6) is 0 Å². The van der Waals surface area contributed by atoms with Crippen LogP contribution in [0.3, 0.4) is 0 Å². The second-order valence-corrected chi connectivity index (χ2v) is 14.5. The van der Waals surface area contributed by atoms with Crippen molar-refractivity contribution < 1.29 is 4.42 Å². The van der Waals surface area contributed by atoms with Gasteiger partial charge in [-0.3, -0.25) is 0 Å². The first-order chi connectivity index (χ1) is 28.3. The summed E-state index contributed by atoms with van der Waals surface area (Å²) in [5.41, 5.74) is 15.3. The summed E-state index contributed by atoms with van der Waals surface area (Å²) in [6.07, 6.45) is 0. The van der Waals surface area contributed by atoms with Gasteiger partial charge in [0, 0.05) is 32.9 Å². The van der Waals surface area contributed by atoms with Crippen LogP contribution in [0.1, 0.15) is 0 Å². The van der Waals surface area contributed by atoms with Gasteiger partial charge in [-0.05, 0) is 88.0 Å². The van der Waals surface area contributed by atoms with Gasteiger partial charge in [-0.15, -0.1) is 0 Å². The van der Waals surface area contributed by atoms with Gasteiger partial charge >= 0.3 is 0 Å². The first kappa shape index (κ1) is 32.8. The highest BCUT2D eigenvalue weighted by molar-refractivity contribution is 6.18. The lowest BCUT2D eigenvalue weighted by Gasteiger charge is -2.28. The Morgan fingerprint density at radius 3 is 1.72 bits per heavy atom. The van der Waals surface area contributed by atoms with Crippen molar-refractivity contribution in [2.75, 3.05) is 4.90 Å². The zero-order valence-electron chi connectivity index (χ0n) is 31.1. The number of aromatic nitrogens is 1. The molecule has 2 aromatic heterocycles. The van der Waals surface area contributed by atoms with E-state index >= 15 is 0 Å². The molecule has 0 saturated heterocycles. The van der Waals surface area contributed by atoms with E-state index in [2.05, 4.69) is 222 Å². The molecule has 0 aliphatic carbocycles. The Bertz CT molecular complexity index is 3220. The van der Waals surface area contributed by atoms with Crippen molar-refractivity contribution in [1.29, 1.82) is 0 Å². The quantitative estimate of drug-likeness (QED) is 0.163. The molecule has 0 fully saturated rings. The molecule has 57 heavy (non-hydrogen) atoms. The third-order valence-corrected chi connectivity index (χ3v) is 11.2. The molecule has 0 saturated carbocycles. The first-order valence-electron chi connectivity index (χ1n) is 19.4. The molecule has 0 aliphatic rings. The Balaban J connectivity index is 1.19. The maximum absolute atomic E-state index is 6.79. The van der Waals surface area contributed by atoms with Crippen LogP contribution in [0, 0.1) is 0 Å². The second-order valence-electron chi connectivity index (χ2n) is 14.5. The van der Waals surface area contributed by atoms with Gasteiger partial charge in [-0.1, -0.05) is 164 Å². The molecule has 0 radical (unpaired) electrons. The summed E-state index contributed by atoms with van der Waals surface area (Å²) in [6, 6.07) is 78.1. The highest BCUT2D eigenvalue weighted by atomic mass is 16.3. The molecule has 0 atom stereocenters. The lowest BCUT2D eigenvalue weighted by molar-refractivity contribution is 0.669. The molecule has 0 N–H and O–H groups in total. The predicted octanol–water partition coefficient (Wildman–Crippen LogP) is 15.2. The molecule has 268 valence electrons. The van der Waals surface area contributed by atoms with Crippen molar-refractivity contribution in [3.63, 3.8) is 0 Å². The Kier molecular flexibility index (Phi) is 7.82. The normalized spacial score (nSPS) is 11.5.